The average Bonchev–Trinajstić information content (AvgIpc) is 2.04. The lowest BCUT2D eigenvalue weighted by Gasteiger charge is -2.09. The van der Waals surface area contributed by atoms with E-state index < -0.39 is 6.16 Å². The molecule has 0 rings (SSSR count). The van der Waals surface area contributed by atoms with Gasteiger partial charge in [0.1, 0.15) is 6.10 Å². The monoisotopic (exact) mass is 170 g/mol. The number of hydrogen-bond donors (Lipinski definition) is 0. The van der Waals surface area contributed by atoms with E-state index in [1.54, 1.807) is 13.0 Å². The summed E-state index contributed by atoms with van der Waals surface area (Å²) in [5.41, 5.74) is 2.56. The van der Waals surface area contributed by atoms with E-state index in [0.717, 1.165) is 0 Å². The molecule has 3 heteroatoms. The van der Waals surface area contributed by atoms with Gasteiger partial charge in [-0.05, 0) is 19.4 Å². The smallest absolute Gasteiger partial charge is 0.435 e. The highest BCUT2D eigenvalue weighted by molar-refractivity contribution is 5.60. The molecule has 0 heterocycles. The number of carbonyl (C=O) groups excluding carboxylic acids is 1. The van der Waals surface area contributed by atoms with Gasteiger partial charge in [0, 0.05) is 0 Å². The van der Waals surface area contributed by atoms with Crippen LogP contribution in [0.1, 0.15) is 20.3 Å². The lowest BCUT2D eigenvalue weighted by atomic mass is 10.3. The standard InChI is InChI=1S/C9H14O3/c1-4-7-8(5-2)12-9(10)11-6-3/h7-8H,1,5-6H2,2-3H3. The zero-order chi connectivity index (χ0) is 9.40. The summed E-state index contributed by atoms with van der Waals surface area (Å²) in [6, 6.07) is 0. The van der Waals surface area contributed by atoms with E-state index in [0.29, 0.717) is 13.0 Å². The van der Waals surface area contributed by atoms with Gasteiger partial charge in [0.2, 0.25) is 0 Å². The van der Waals surface area contributed by atoms with Crippen molar-refractivity contribution in [3.8, 4) is 0 Å². The zero-order valence-corrected chi connectivity index (χ0v) is 7.50. The molecular weight excluding hydrogens is 156 g/mol. The van der Waals surface area contributed by atoms with Gasteiger partial charge in [-0.1, -0.05) is 13.5 Å². The largest absolute Gasteiger partial charge is 0.508 e. The maximum absolute atomic E-state index is 10.8. The second-order valence-electron chi connectivity index (χ2n) is 2.12. The van der Waals surface area contributed by atoms with Crippen LogP contribution in [-0.4, -0.2) is 18.9 Å². The molecule has 0 aromatic carbocycles. The highest BCUT2D eigenvalue weighted by Gasteiger charge is 2.08. The van der Waals surface area contributed by atoms with E-state index in [1.165, 1.54) is 0 Å². The summed E-state index contributed by atoms with van der Waals surface area (Å²) in [6.45, 7) is 7.34. The van der Waals surface area contributed by atoms with Crippen molar-refractivity contribution in [1.82, 2.24) is 0 Å². The van der Waals surface area contributed by atoms with Crippen LogP contribution in [-0.2, 0) is 9.47 Å². The van der Waals surface area contributed by atoms with Crippen molar-refractivity contribution in [2.24, 2.45) is 0 Å². The summed E-state index contributed by atoms with van der Waals surface area (Å²) in [5, 5.41) is 0. The van der Waals surface area contributed by atoms with Gasteiger partial charge in [-0.15, -0.1) is 5.73 Å². The van der Waals surface area contributed by atoms with Crippen molar-refractivity contribution in [1.29, 1.82) is 0 Å². The molecule has 0 bridgehead atoms. The molecule has 0 fully saturated rings. The van der Waals surface area contributed by atoms with E-state index in [9.17, 15) is 4.79 Å². The minimum absolute atomic E-state index is 0.276. The van der Waals surface area contributed by atoms with E-state index in [2.05, 4.69) is 17.0 Å². The van der Waals surface area contributed by atoms with Gasteiger partial charge in [-0.25, -0.2) is 4.79 Å². The van der Waals surface area contributed by atoms with Crippen molar-refractivity contribution in [3.05, 3.63) is 18.4 Å². The second kappa shape index (κ2) is 6.50. The molecule has 0 saturated carbocycles. The lowest BCUT2D eigenvalue weighted by molar-refractivity contribution is 0.0396. The molecule has 0 aliphatic carbocycles. The Bertz CT molecular complexity index is 180. The van der Waals surface area contributed by atoms with Gasteiger partial charge in [0.25, 0.3) is 0 Å². The van der Waals surface area contributed by atoms with E-state index in [1.807, 2.05) is 6.92 Å². The van der Waals surface area contributed by atoms with Crippen molar-refractivity contribution >= 4 is 6.16 Å². The lowest BCUT2D eigenvalue weighted by Crippen LogP contribution is -2.15. The molecule has 0 radical (unpaired) electrons. The average molecular weight is 170 g/mol. The summed E-state index contributed by atoms with van der Waals surface area (Å²) in [5.74, 6) is 0. The molecular formula is C9H14O3. The Balaban J connectivity index is 3.84. The third-order valence-corrected chi connectivity index (χ3v) is 1.22. The Morgan fingerprint density at radius 1 is 1.67 bits per heavy atom. The predicted octanol–water partition coefficient (Wildman–Crippen LogP) is 2.28. The van der Waals surface area contributed by atoms with Gasteiger partial charge >= 0.3 is 6.16 Å². The molecule has 0 aliphatic heterocycles. The highest BCUT2D eigenvalue weighted by Crippen LogP contribution is 2.00. The van der Waals surface area contributed by atoms with Crippen LogP contribution < -0.4 is 0 Å². The van der Waals surface area contributed by atoms with Crippen molar-refractivity contribution in [2.45, 2.75) is 26.4 Å². The summed E-state index contributed by atoms with van der Waals surface area (Å²) >= 11 is 0. The quantitative estimate of drug-likeness (QED) is 0.479. The van der Waals surface area contributed by atoms with E-state index in [4.69, 9.17) is 4.74 Å². The van der Waals surface area contributed by atoms with E-state index >= 15 is 0 Å². The molecule has 0 spiro atoms. The third-order valence-electron chi connectivity index (χ3n) is 1.22. The molecule has 12 heavy (non-hydrogen) atoms. The van der Waals surface area contributed by atoms with Gasteiger partial charge in [0.05, 0.1) is 6.61 Å². The van der Waals surface area contributed by atoms with Crippen LogP contribution in [0.4, 0.5) is 4.79 Å². The number of carbonyl (C=O) groups is 1. The van der Waals surface area contributed by atoms with Crippen LogP contribution in [0.5, 0.6) is 0 Å². The third kappa shape index (κ3) is 4.58. The SMILES string of the molecule is C=C=CC(CC)OC(=O)OCC. The number of rotatable bonds is 4. The van der Waals surface area contributed by atoms with Crippen LogP contribution in [0.2, 0.25) is 0 Å². The molecule has 0 aromatic heterocycles. The van der Waals surface area contributed by atoms with Crippen LogP contribution >= 0.6 is 0 Å². The Labute approximate surface area is 72.7 Å². The van der Waals surface area contributed by atoms with Gasteiger partial charge in [0.15, 0.2) is 0 Å². The molecule has 0 aromatic rings. The Kier molecular flexibility index (Phi) is 5.84. The zero-order valence-electron chi connectivity index (χ0n) is 7.50. The molecule has 0 N–H and O–H groups in total. The fraction of sp³-hybridized carbons (Fsp3) is 0.556. The van der Waals surface area contributed by atoms with E-state index in [-0.39, 0.29) is 6.10 Å². The minimum atomic E-state index is -0.643. The topological polar surface area (TPSA) is 35.5 Å². The van der Waals surface area contributed by atoms with Gasteiger partial charge in [-0.3, -0.25) is 0 Å². The fourth-order valence-electron chi connectivity index (χ4n) is 0.642. The normalized spacial score (nSPS) is 11.2. The molecule has 3 nitrogen and oxygen atoms in total. The van der Waals surface area contributed by atoms with Crippen molar-refractivity contribution in [2.75, 3.05) is 6.61 Å². The summed E-state index contributed by atoms with van der Waals surface area (Å²) < 4.78 is 9.45. The predicted molar refractivity (Wildman–Crippen MR) is 45.9 cm³/mol. The molecule has 68 valence electrons. The van der Waals surface area contributed by atoms with Crippen LogP contribution in [0, 0.1) is 0 Å². The number of ether oxygens (including phenoxy) is 2. The maximum atomic E-state index is 10.8. The summed E-state index contributed by atoms with van der Waals surface area (Å²) in [6.07, 6.45) is 1.37. The first-order valence-electron chi connectivity index (χ1n) is 3.93. The van der Waals surface area contributed by atoms with Crippen molar-refractivity contribution < 1.29 is 14.3 Å². The molecule has 1 atom stereocenters. The highest BCUT2D eigenvalue weighted by atomic mass is 16.7. The van der Waals surface area contributed by atoms with Crippen LogP contribution in [0.25, 0.3) is 0 Å². The summed E-state index contributed by atoms with van der Waals surface area (Å²) in [7, 11) is 0. The molecule has 0 aliphatic rings. The van der Waals surface area contributed by atoms with Crippen molar-refractivity contribution in [3.63, 3.8) is 0 Å². The Hall–Kier alpha value is -1.21. The first kappa shape index (κ1) is 10.8. The van der Waals surface area contributed by atoms with Crippen LogP contribution in [0.15, 0.2) is 18.4 Å². The molecule has 0 saturated heterocycles. The first-order valence-corrected chi connectivity index (χ1v) is 3.93. The first-order chi connectivity index (χ1) is 5.74. The Morgan fingerprint density at radius 3 is 2.75 bits per heavy atom. The van der Waals surface area contributed by atoms with Gasteiger partial charge < -0.3 is 9.47 Å². The fourth-order valence-corrected chi connectivity index (χ4v) is 0.642. The summed E-state index contributed by atoms with van der Waals surface area (Å²) in [4.78, 5) is 10.8. The second-order valence-corrected chi connectivity index (χ2v) is 2.12. The maximum Gasteiger partial charge on any atom is 0.508 e. The number of hydrogen-bond acceptors (Lipinski definition) is 3. The molecule has 1 unspecified atom stereocenters. The Morgan fingerprint density at radius 2 is 2.33 bits per heavy atom. The minimum Gasteiger partial charge on any atom is -0.435 e. The van der Waals surface area contributed by atoms with Gasteiger partial charge in [-0.2, -0.15) is 0 Å². The van der Waals surface area contributed by atoms with Crippen LogP contribution in [0.3, 0.4) is 0 Å². The molecule has 0 amide bonds.